The van der Waals surface area contributed by atoms with Gasteiger partial charge in [0.25, 0.3) is 0 Å². The Labute approximate surface area is 100 Å². The Kier molecular flexibility index (Phi) is 3.74. The third kappa shape index (κ3) is 2.47. The SMILES string of the molecule is COC1CCCN(c2cccc(F)c2C=O)C1. The number of rotatable bonds is 3. The van der Waals surface area contributed by atoms with Crippen LogP contribution in [0.3, 0.4) is 0 Å². The van der Waals surface area contributed by atoms with Crippen molar-refractivity contribution in [2.24, 2.45) is 0 Å². The Bertz CT molecular complexity index is 408. The van der Waals surface area contributed by atoms with Crippen LogP contribution in [0.5, 0.6) is 0 Å². The van der Waals surface area contributed by atoms with Gasteiger partial charge in [-0.1, -0.05) is 6.07 Å². The lowest BCUT2D eigenvalue weighted by molar-refractivity contribution is 0.0892. The van der Waals surface area contributed by atoms with Crippen molar-refractivity contribution in [2.75, 3.05) is 25.1 Å². The van der Waals surface area contributed by atoms with E-state index >= 15 is 0 Å². The number of aldehydes is 1. The van der Waals surface area contributed by atoms with E-state index in [-0.39, 0.29) is 11.7 Å². The number of carbonyl (C=O) groups is 1. The number of ether oxygens (including phenoxy) is 1. The van der Waals surface area contributed by atoms with Crippen LogP contribution < -0.4 is 4.90 Å². The largest absolute Gasteiger partial charge is 0.380 e. The molecule has 0 aliphatic carbocycles. The Morgan fingerprint density at radius 2 is 2.35 bits per heavy atom. The maximum atomic E-state index is 13.5. The Balaban J connectivity index is 2.27. The van der Waals surface area contributed by atoms with E-state index in [2.05, 4.69) is 0 Å². The molecule has 92 valence electrons. The van der Waals surface area contributed by atoms with E-state index in [1.807, 2.05) is 4.90 Å². The summed E-state index contributed by atoms with van der Waals surface area (Å²) in [6, 6.07) is 4.73. The number of benzene rings is 1. The van der Waals surface area contributed by atoms with E-state index in [0.29, 0.717) is 18.5 Å². The van der Waals surface area contributed by atoms with Crippen molar-refractivity contribution in [3.05, 3.63) is 29.6 Å². The first-order valence-corrected chi connectivity index (χ1v) is 5.77. The molecular weight excluding hydrogens is 221 g/mol. The second-order valence-corrected chi connectivity index (χ2v) is 4.24. The molecule has 0 amide bonds. The highest BCUT2D eigenvalue weighted by atomic mass is 19.1. The second-order valence-electron chi connectivity index (χ2n) is 4.24. The van der Waals surface area contributed by atoms with Gasteiger partial charge in [0.15, 0.2) is 6.29 Å². The van der Waals surface area contributed by atoms with Crippen LogP contribution in [0.25, 0.3) is 0 Å². The lowest BCUT2D eigenvalue weighted by atomic mass is 10.1. The zero-order valence-corrected chi connectivity index (χ0v) is 9.86. The van der Waals surface area contributed by atoms with E-state index in [9.17, 15) is 9.18 Å². The number of hydrogen-bond donors (Lipinski definition) is 0. The Hall–Kier alpha value is -1.42. The van der Waals surface area contributed by atoms with E-state index in [4.69, 9.17) is 4.74 Å². The maximum absolute atomic E-state index is 13.5. The Morgan fingerprint density at radius 3 is 3.06 bits per heavy atom. The van der Waals surface area contributed by atoms with Gasteiger partial charge >= 0.3 is 0 Å². The molecule has 17 heavy (non-hydrogen) atoms. The highest BCUT2D eigenvalue weighted by Gasteiger charge is 2.22. The highest BCUT2D eigenvalue weighted by Crippen LogP contribution is 2.25. The summed E-state index contributed by atoms with van der Waals surface area (Å²) in [5.74, 6) is -0.461. The van der Waals surface area contributed by atoms with Gasteiger partial charge in [0.2, 0.25) is 0 Å². The number of halogens is 1. The molecule has 1 aromatic rings. The summed E-state index contributed by atoms with van der Waals surface area (Å²) in [4.78, 5) is 13.0. The van der Waals surface area contributed by atoms with Crippen molar-refractivity contribution < 1.29 is 13.9 Å². The van der Waals surface area contributed by atoms with Gasteiger partial charge in [-0.2, -0.15) is 0 Å². The van der Waals surface area contributed by atoms with Gasteiger partial charge in [-0.25, -0.2) is 4.39 Å². The molecule has 3 nitrogen and oxygen atoms in total. The number of hydrogen-bond acceptors (Lipinski definition) is 3. The second kappa shape index (κ2) is 5.27. The maximum Gasteiger partial charge on any atom is 0.155 e. The van der Waals surface area contributed by atoms with Crippen LogP contribution >= 0.6 is 0 Å². The summed E-state index contributed by atoms with van der Waals surface area (Å²) < 4.78 is 18.8. The number of nitrogens with zero attached hydrogens (tertiary/aromatic N) is 1. The average Bonchev–Trinajstić information content (AvgIpc) is 2.38. The first-order valence-electron chi connectivity index (χ1n) is 5.77. The molecule has 0 saturated carbocycles. The van der Waals surface area contributed by atoms with Crippen LogP contribution in [0.4, 0.5) is 10.1 Å². The fourth-order valence-corrected chi connectivity index (χ4v) is 2.27. The molecule has 0 N–H and O–H groups in total. The topological polar surface area (TPSA) is 29.5 Å². The molecule has 1 atom stereocenters. The first-order chi connectivity index (χ1) is 8.26. The van der Waals surface area contributed by atoms with Crippen molar-refractivity contribution >= 4 is 12.0 Å². The molecule has 1 aliphatic rings. The van der Waals surface area contributed by atoms with E-state index < -0.39 is 5.82 Å². The average molecular weight is 237 g/mol. The van der Waals surface area contributed by atoms with Gasteiger partial charge in [0.05, 0.1) is 17.4 Å². The zero-order chi connectivity index (χ0) is 12.3. The summed E-state index contributed by atoms with van der Waals surface area (Å²) in [6.07, 6.45) is 2.75. The van der Waals surface area contributed by atoms with Crippen LogP contribution in [0.1, 0.15) is 23.2 Å². The third-order valence-corrected chi connectivity index (χ3v) is 3.20. The van der Waals surface area contributed by atoms with Gasteiger partial charge in [-0.3, -0.25) is 4.79 Å². The molecule has 1 fully saturated rings. The molecule has 0 bridgehead atoms. The van der Waals surface area contributed by atoms with Crippen LogP contribution in [0, 0.1) is 5.82 Å². The van der Waals surface area contributed by atoms with Gasteiger partial charge in [0.1, 0.15) is 5.82 Å². The first kappa shape index (κ1) is 12.0. The van der Waals surface area contributed by atoms with Crippen LogP contribution in [0.15, 0.2) is 18.2 Å². The number of carbonyl (C=O) groups excluding carboxylic acids is 1. The monoisotopic (exact) mass is 237 g/mol. The number of piperidine rings is 1. The minimum absolute atomic E-state index is 0.143. The Morgan fingerprint density at radius 1 is 1.53 bits per heavy atom. The zero-order valence-electron chi connectivity index (χ0n) is 9.86. The van der Waals surface area contributed by atoms with Crippen molar-refractivity contribution in [2.45, 2.75) is 18.9 Å². The summed E-state index contributed by atoms with van der Waals surface area (Å²) in [5, 5.41) is 0. The quantitative estimate of drug-likeness (QED) is 0.755. The van der Waals surface area contributed by atoms with E-state index in [0.717, 1.165) is 19.4 Å². The van der Waals surface area contributed by atoms with Crippen LogP contribution in [0.2, 0.25) is 0 Å². The highest BCUT2D eigenvalue weighted by molar-refractivity contribution is 5.85. The minimum atomic E-state index is -0.461. The predicted octanol–water partition coefficient (Wildman–Crippen LogP) is 2.25. The van der Waals surface area contributed by atoms with E-state index in [1.165, 1.54) is 6.07 Å². The molecule has 0 spiro atoms. The smallest absolute Gasteiger partial charge is 0.155 e. The molecule has 2 rings (SSSR count). The molecule has 1 saturated heterocycles. The summed E-state index contributed by atoms with van der Waals surface area (Å²) in [7, 11) is 1.68. The van der Waals surface area contributed by atoms with Gasteiger partial charge in [-0.05, 0) is 25.0 Å². The lowest BCUT2D eigenvalue weighted by Crippen LogP contribution is -2.39. The minimum Gasteiger partial charge on any atom is -0.380 e. The molecule has 1 unspecified atom stereocenters. The molecule has 1 aromatic carbocycles. The van der Waals surface area contributed by atoms with Crippen LogP contribution in [-0.4, -0.2) is 32.6 Å². The molecule has 1 heterocycles. The fraction of sp³-hybridized carbons (Fsp3) is 0.462. The van der Waals surface area contributed by atoms with Crippen molar-refractivity contribution in [3.8, 4) is 0 Å². The van der Waals surface area contributed by atoms with Gasteiger partial charge in [-0.15, -0.1) is 0 Å². The normalized spacial score (nSPS) is 20.4. The molecular formula is C13H16FNO2. The van der Waals surface area contributed by atoms with Crippen molar-refractivity contribution in [1.29, 1.82) is 0 Å². The van der Waals surface area contributed by atoms with Gasteiger partial charge < -0.3 is 9.64 Å². The standard InChI is InChI=1S/C13H16FNO2/c1-17-10-4-3-7-15(8-10)13-6-2-5-12(14)11(13)9-16/h2,5-6,9-10H,3-4,7-8H2,1H3. The van der Waals surface area contributed by atoms with E-state index in [1.54, 1.807) is 19.2 Å². The van der Waals surface area contributed by atoms with Crippen molar-refractivity contribution in [1.82, 2.24) is 0 Å². The summed E-state index contributed by atoms with van der Waals surface area (Å²) >= 11 is 0. The summed E-state index contributed by atoms with van der Waals surface area (Å²) in [5.41, 5.74) is 0.811. The number of methoxy groups -OCH3 is 1. The number of anilines is 1. The molecule has 1 aliphatic heterocycles. The lowest BCUT2D eigenvalue weighted by Gasteiger charge is -2.34. The van der Waals surface area contributed by atoms with Crippen LogP contribution in [-0.2, 0) is 4.74 Å². The summed E-state index contributed by atoms with van der Waals surface area (Å²) in [6.45, 7) is 1.55. The molecule has 0 radical (unpaired) electrons. The van der Waals surface area contributed by atoms with Gasteiger partial charge in [0, 0.05) is 20.2 Å². The molecule has 4 heteroatoms. The predicted molar refractivity (Wildman–Crippen MR) is 64.0 cm³/mol. The third-order valence-electron chi connectivity index (χ3n) is 3.20. The molecule has 0 aromatic heterocycles. The fourth-order valence-electron chi connectivity index (χ4n) is 2.27. The van der Waals surface area contributed by atoms with Crippen molar-refractivity contribution in [3.63, 3.8) is 0 Å².